The first-order chi connectivity index (χ1) is 14.6. The molecular weight excluding hydrogens is 534 g/mol. The number of nitrogens with one attached hydrogen (secondary N) is 1. The van der Waals surface area contributed by atoms with E-state index in [1.807, 2.05) is 0 Å². The first kappa shape index (κ1) is 22.7. The molecule has 0 aliphatic carbocycles. The van der Waals surface area contributed by atoms with E-state index >= 15 is 0 Å². The van der Waals surface area contributed by atoms with E-state index in [-0.39, 0.29) is 28.0 Å². The molecule has 0 radical (unpaired) electrons. The van der Waals surface area contributed by atoms with Gasteiger partial charge in [-0.05, 0) is 59.0 Å². The molecule has 0 saturated carbocycles. The van der Waals surface area contributed by atoms with Gasteiger partial charge in [0, 0.05) is 15.6 Å². The number of phenolic OH excluding ortho intramolecular Hbond substituents is 1. The van der Waals surface area contributed by atoms with Gasteiger partial charge in [0.1, 0.15) is 17.5 Å². The average molecular weight is 549 g/mol. The number of rotatable bonds is 6. The standard InChI is InChI=1S/C20H15F3INO6/c1-29-18(27)14(25-19(28)20(21,22)23)8-10-9-15(17-13(16(10)26)6-7-30-17)31-12-4-2-11(24)3-5-12/h2-7,9,14,26H,8H2,1H3,(H,25,28)/t14-/m0/s1. The number of halogens is 4. The fraction of sp³-hybridized carbons (Fsp3) is 0.200. The number of carbonyl (C=O) groups is 2. The molecule has 0 saturated heterocycles. The third-order valence-electron chi connectivity index (χ3n) is 4.27. The Morgan fingerprint density at radius 1 is 1.23 bits per heavy atom. The van der Waals surface area contributed by atoms with E-state index in [9.17, 15) is 27.9 Å². The number of phenols is 1. The molecular formula is C20H15F3INO6. The lowest BCUT2D eigenvalue weighted by Crippen LogP contribution is -2.48. The van der Waals surface area contributed by atoms with E-state index in [0.717, 1.165) is 10.7 Å². The number of alkyl halides is 3. The Kier molecular flexibility index (Phi) is 6.62. The molecule has 2 aromatic carbocycles. The van der Waals surface area contributed by atoms with Gasteiger partial charge in [-0.2, -0.15) is 13.2 Å². The Balaban J connectivity index is 1.98. The number of furan rings is 1. The van der Waals surface area contributed by atoms with Gasteiger partial charge in [-0.15, -0.1) is 0 Å². The second-order valence-corrected chi connectivity index (χ2v) is 7.60. The first-order valence-corrected chi connectivity index (χ1v) is 9.79. The highest BCUT2D eigenvalue weighted by molar-refractivity contribution is 14.1. The Labute approximate surface area is 187 Å². The van der Waals surface area contributed by atoms with Crippen molar-refractivity contribution in [3.63, 3.8) is 0 Å². The van der Waals surface area contributed by atoms with Crippen LogP contribution in [0.3, 0.4) is 0 Å². The molecule has 1 atom stereocenters. The van der Waals surface area contributed by atoms with Gasteiger partial charge in [-0.3, -0.25) is 4.79 Å². The molecule has 0 bridgehead atoms. The number of hydrogen-bond donors (Lipinski definition) is 2. The number of carbonyl (C=O) groups excluding carboxylic acids is 2. The maximum absolute atomic E-state index is 12.6. The number of benzene rings is 2. The molecule has 1 aromatic heterocycles. The zero-order valence-corrected chi connectivity index (χ0v) is 18.0. The second-order valence-electron chi connectivity index (χ2n) is 6.35. The van der Waals surface area contributed by atoms with Gasteiger partial charge in [0.15, 0.2) is 11.3 Å². The van der Waals surface area contributed by atoms with Crippen LogP contribution in [0.2, 0.25) is 0 Å². The van der Waals surface area contributed by atoms with Gasteiger partial charge in [-0.25, -0.2) is 4.79 Å². The molecule has 1 heterocycles. The van der Waals surface area contributed by atoms with Gasteiger partial charge in [0.25, 0.3) is 0 Å². The molecule has 31 heavy (non-hydrogen) atoms. The monoisotopic (exact) mass is 549 g/mol. The van der Waals surface area contributed by atoms with Crippen LogP contribution in [0, 0.1) is 3.57 Å². The van der Waals surface area contributed by atoms with Crippen LogP contribution < -0.4 is 10.1 Å². The maximum atomic E-state index is 12.6. The van der Waals surface area contributed by atoms with Crippen LogP contribution in [0.25, 0.3) is 11.0 Å². The van der Waals surface area contributed by atoms with Crippen LogP contribution in [0.15, 0.2) is 47.1 Å². The lowest BCUT2D eigenvalue weighted by Gasteiger charge is -2.19. The van der Waals surface area contributed by atoms with Crippen LogP contribution in [0.1, 0.15) is 5.56 Å². The number of esters is 1. The maximum Gasteiger partial charge on any atom is 0.471 e. The summed E-state index contributed by atoms with van der Waals surface area (Å²) < 4.78 is 54.6. The molecule has 0 aliphatic rings. The number of amides is 1. The number of ether oxygens (including phenoxy) is 2. The quantitative estimate of drug-likeness (QED) is 0.352. The minimum Gasteiger partial charge on any atom is -0.507 e. The number of hydrogen-bond acceptors (Lipinski definition) is 6. The van der Waals surface area contributed by atoms with Crippen molar-refractivity contribution in [3.8, 4) is 17.2 Å². The van der Waals surface area contributed by atoms with Crippen molar-refractivity contribution in [3.05, 3.63) is 51.8 Å². The third kappa shape index (κ3) is 5.21. The van der Waals surface area contributed by atoms with Gasteiger partial charge in [0.2, 0.25) is 0 Å². The predicted molar refractivity (Wildman–Crippen MR) is 111 cm³/mol. The van der Waals surface area contributed by atoms with Crippen molar-refractivity contribution in [1.82, 2.24) is 5.32 Å². The minimum atomic E-state index is -5.19. The van der Waals surface area contributed by atoms with E-state index in [0.29, 0.717) is 5.75 Å². The van der Waals surface area contributed by atoms with E-state index in [2.05, 4.69) is 27.3 Å². The zero-order valence-electron chi connectivity index (χ0n) is 15.8. The van der Waals surface area contributed by atoms with Gasteiger partial charge < -0.3 is 24.3 Å². The summed E-state index contributed by atoms with van der Waals surface area (Å²) in [6, 6.07) is 8.08. The first-order valence-electron chi connectivity index (χ1n) is 8.71. The van der Waals surface area contributed by atoms with Crippen molar-refractivity contribution in [2.24, 2.45) is 0 Å². The van der Waals surface area contributed by atoms with Crippen LogP contribution in [-0.2, 0) is 20.7 Å². The molecule has 3 rings (SSSR count). The summed E-state index contributed by atoms with van der Waals surface area (Å²) >= 11 is 2.12. The van der Waals surface area contributed by atoms with Gasteiger partial charge in [0.05, 0.1) is 18.8 Å². The summed E-state index contributed by atoms with van der Waals surface area (Å²) in [7, 11) is 0.972. The number of aromatic hydroxyl groups is 1. The summed E-state index contributed by atoms with van der Waals surface area (Å²) in [5.41, 5.74) is 0.251. The SMILES string of the molecule is COC(=O)[C@H](Cc1cc(Oc2ccc(I)cc2)c2occc2c1O)NC(=O)C(F)(F)F. The fourth-order valence-electron chi connectivity index (χ4n) is 2.81. The highest BCUT2D eigenvalue weighted by Gasteiger charge is 2.41. The summed E-state index contributed by atoms with van der Waals surface area (Å²) in [6.07, 6.45) is -4.37. The lowest BCUT2D eigenvalue weighted by molar-refractivity contribution is -0.175. The highest BCUT2D eigenvalue weighted by atomic mass is 127. The number of fused-ring (bicyclic) bond motifs is 1. The molecule has 0 fully saturated rings. The highest BCUT2D eigenvalue weighted by Crippen LogP contribution is 2.39. The summed E-state index contributed by atoms with van der Waals surface area (Å²) in [4.78, 5) is 23.3. The van der Waals surface area contributed by atoms with Crippen LogP contribution in [-0.4, -0.2) is 36.3 Å². The summed E-state index contributed by atoms with van der Waals surface area (Å²) in [6.45, 7) is 0. The normalized spacial score (nSPS) is 12.4. The molecule has 7 nitrogen and oxygen atoms in total. The predicted octanol–water partition coefficient (Wildman–Crippen LogP) is 4.30. The van der Waals surface area contributed by atoms with E-state index in [4.69, 9.17) is 9.15 Å². The molecule has 1 amide bonds. The topological polar surface area (TPSA) is 98.0 Å². The van der Waals surface area contributed by atoms with E-state index < -0.39 is 30.5 Å². The van der Waals surface area contributed by atoms with Crippen molar-refractivity contribution in [2.45, 2.75) is 18.6 Å². The molecule has 164 valence electrons. The molecule has 2 N–H and O–H groups in total. The molecule has 3 aromatic rings. The minimum absolute atomic E-state index is 0.0484. The van der Waals surface area contributed by atoms with E-state index in [1.54, 1.807) is 29.6 Å². The van der Waals surface area contributed by atoms with Crippen molar-refractivity contribution < 1.29 is 41.8 Å². The van der Waals surface area contributed by atoms with Crippen molar-refractivity contribution in [2.75, 3.05) is 7.11 Å². The summed E-state index contributed by atoms with van der Waals surface area (Å²) in [5.74, 6) is -3.12. The Bertz CT molecular complexity index is 1110. The van der Waals surface area contributed by atoms with Crippen LogP contribution in [0.4, 0.5) is 13.2 Å². The fourth-order valence-corrected chi connectivity index (χ4v) is 3.17. The Morgan fingerprint density at radius 3 is 2.52 bits per heavy atom. The van der Waals surface area contributed by atoms with Gasteiger partial charge in [-0.1, -0.05) is 0 Å². The smallest absolute Gasteiger partial charge is 0.471 e. The second kappa shape index (κ2) is 9.04. The molecule has 0 unspecified atom stereocenters. The molecule has 0 spiro atoms. The largest absolute Gasteiger partial charge is 0.507 e. The lowest BCUT2D eigenvalue weighted by atomic mass is 10.0. The summed E-state index contributed by atoms with van der Waals surface area (Å²) in [5, 5.41) is 12.4. The third-order valence-corrected chi connectivity index (χ3v) is 4.99. The van der Waals surface area contributed by atoms with Crippen LogP contribution in [0.5, 0.6) is 17.2 Å². The van der Waals surface area contributed by atoms with Crippen molar-refractivity contribution in [1.29, 1.82) is 0 Å². The molecule has 0 aliphatic heterocycles. The van der Waals surface area contributed by atoms with Crippen molar-refractivity contribution >= 4 is 45.4 Å². The zero-order chi connectivity index (χ0) is 22.8. The Morgan fingerprint density at radius 2 is 1.90 bits per heavy atom. The number of methoxy groups -OCH3 is 1. The van der Waals surface area contributed by atoms with E-state index in [1.165, 1.54) is 18.4 Å². The Hall–Kier alpha value is -2.96. The molecule has 11 heteroatoms. The average Bonchev–Trinajstić information content (AvgIpc) is 3.21. The van der Waals surface area contributed by atoms with Gasteiger partial charge >= 0.3 is 18.1 Å². The van der Waals surface area contributed by atoms with Crippen LogP contribution >= 0.6 is 22.6 Å².